The maximum Gasteiger partial charge on any atom is 0.203 e. The van der Waals surface area contributed by atoms with Crippen molar-refractivity contribution >= 4 is 11.1 Å². The lowest BCUT2D eigenvalue weighted by molar-refractivity contribution is 0.192. The maximum absolute atomic E-state index is 10.3. The molecule has 0 radical (unpaired) electrons. The van der Waals surface area contributed by atoms with Crippen LogP contribution in [-0.4, -0.2) is 39.6 Å². The van der Waals surface area contributed by atoms with E-state index in [1.54, 1.807) is 28.4 Å². The number of ether oxygens (including phenoxy) is 4. The van der Waals surface area contributed by atoms with E-state index in [2.05, 4.69) is 0 Å². The van der Waals surface area contributed by atoms with Gasteiger partial charge in [-0.15, -0.1) is 0 Å². The van der Waals surface area contributed by atoms with Crippen molar-refractivity contribution in [3.05, 3.63) is 47.5 Å². The molecule has 2 aromatic carbocycles. The van der Waals surface area contributed by atoms with E-state index in [1.165, 1.54) is 0 Å². The number of methoxy groups -OCH3 is 4. The van der Waals surface area contributed by atoms with Crippen LogP contribution in [0.5, 0.6) is 23.0 Å². The molecule has 0 fully saturated rings. The smallest absolute Gasteiger partial charge is 0.203 e. The minimum absolute atomic E-state index is 0.402. The van der Waals surface area contributed by atoms with Crippen LogP contribution in [0, 0.1) is 0 Å². The molecule has 5 nitrogen and oxygen atoms in total. The molecule has 138 valence electrons. The first-order valence-electron chi connectivity index (χ1n) is 8.46. The van der Waals surface area contributed by atoms with Gasteiger partial charge in [0.15, 0.2) is 11.5 Å². The summed E-state index contributed by atoms with van der Waals surface area (Å²) in [7, 11) is 6.43. The minimum atomic E-state index is -0.402. The summed E-state index contributed by atoms with van der Waals surface area (Å²) in [5.41, 5.74) is 4.24. The summed E-state index contributed by atoms with van der Waals surface area (Å²) < 4.78 is 21.6. The molecule has 1 unspecified atom stereocenters. The third kappa shape index (κ3) is 3.35. The Morgan fingerprint density at radius 2 is 1.27 bits per heavy atom. The van der Waals surface area contributed by atoms with E-state index in [0.717, 1.165) is 28.0 Å². The van der Waals surface area contributed by atoms with Gasteiger partial charge in [0.1, 0.15) is 5.75 Å². The van der Waals surface area contributed by atoms with Crippen molar-refractivity contribution < 1.29 is 24.1 Å². The molecule has 0 amide bonds. The van der Waals surface area contributed by atoms with Crippen molar-refractivity contribution in [1.29, 1.82) is 0 Å². The van der Waals surface area contributed by atoms with Crippen molar-refractivity contribution in [3.8, 4) is 23.0 Å². The van der Waals surface area contributed by atoms with Crippen molar-refractivity contribution in [2.24, 2.45) is 0 Å². The second kappa shape index (κ2) is 7.70. The normalized spacial score (nSPS) is 16.6. The molecule has 0 saturated carbocycles. The molecule has 26 heavy (non-hydrogen) atoms. The second-order valence-electron chi connectivity index (χ2n) is 6.16. The summed E-state index contributed by atoms with van der Waals surface area (Å²) in [5.74, 6) is 2.57. The molecule has 1 atom stereocenters. The van der Waals surface area contributed by atoms with E-state index in [0.29, 0.717) is 30.1 Å². The summed E-state index contributed by atoms with van der Waals surface area (Å²) in [6.45, 7) is 0. The first kappa shape index (κ1) is 18.1. The fourth-order valence-corrected chi connectivity index (χ4v) is 3.42. The summed E-state index contributed by atoms with van der Waals surface area (Å²) in [5, 5.41) is 10.3. The third-order valence-electron chi connectivity index (χ3n) is 4.70. The Hall–Kier alpha value is -2.66. The lowest BCUT2D eigenvalue weighted by Gasteiger charge is -2.16. The molecule has 5 heteroatoms. The number of rotatable bonds is 6. The summed E-state index contributed by atoms with van der Waals surface area (Å²) in [6.07, 6.45) is 0.791. The zero-order valence-electron chi connectivity index (χ0n) is 15.5. The van der Waals surface area contributed by atoms with Crippen LogP contribution in [0.4, 0.5) is 0 Å². The zero-order chi connectivity index (χ0) is 18.7. The Bertz CT molecular complexity index is 783. The minimum Gasteiger partial charge on any atom is -0.497 e. The molecule has 1 aliphatic rings. The van der Waals surface area contributed by atoms with E-state index in [1.807, 2.05) is 36.4 Å². The predicted octanol–water partition coefficient (Wildman–Crippen LogP) is 3.79. The molecule has 2 aromatic rings. The highest BCUT2D eigenvalue weighted by atomic mass is 16.5. The van der Waals surface area contributed by atoms with Crippen LogP contribution in [0.1, 0.15) is 24.0 Å². The summed E-state index contributed by atoms with van der Waals surface area (Å²) in [6, 6.07) is 11.8. The van der Waals surface area contributed by atoms with Gasteiger partial charge in [0.05, 0.1) is 34.5 Å². The molecule has 1 N–H and O–H groups in total. The quantitative estimate of drug-likeness (QED) is 0.853. The van der Waals surface area contributed by atoms with Crippen molar-refractivity contribution in [2.75, 3.05) is 28.4 Å². The average molecular weight is 356 g/mol. The molecular formula is C21H24O5. The largest absolute Gasteiger partial charge is 0.497 e. The highest BCUT2D eigenvalue weighted by Crippen LogP contribution is 2.45. The fraction of sp³-hybridized carbons (Fsp3) is 0.333. The third-order valence-corrected chi connectivity index (χ3v) is 4.70. The van der Waals surface area contributed by atoms with Crippen molar-refractivity contribution in [1.82, 2.24) is 0 Å². The first-order valence-corrected chi connectivity index (χ1v) is 8.46. The molecule has 0 spiro atoms. The SMILES string of the molecule is COc1ccc(C2=C(c3cc(OC)c(OC)c(OC)c3)CC(O)C2)cc1. The number of aliphatic hydroxyl groups excluding tert-OH is 1. The van der Waals surface area contributed by atoms with Gasteiger partial charge < -0.3 is 24.1 Å². The molecule has 3 rings (SSSR count). The fourth-order valence-electron chi connectivity index (χ4n) is 3.42. The molecule has 1 aliphatic carbocycles. The van der Waals surface area contributed by atoms with E-state index in [4.69, 9.17) is 18.9 Å². The van der Waals surface area contributed by atoms with Gasteiger partial charge in [-0.3, -0.25) is 0 Å². The van der Waals surface area contributed by atoms with E-state index in [-0.39, 0.29) is 0 Å². The molecule has 0 heterocycles. The lowest BCUT2D eigenvalue weighted by Crippen LogP contribution is -2.00. The Morgan fingerprint density at radius 3 is 1.73 bits per heavy atom. The van der Waals surface area contributed by atoms with Gasteiger partial charge in [-0.05, 0) is 59.4 Å². The highest BCUT2D eigenvalue weighted by molar-refractivity contribution is 5.94. The van der Waals surface area contributed by atoms with Crippen LogP contribution < -0.4 is 18.9 Å². The van der Waals surface area contributed by atoms with E-state index < -0.39 is 6.10 Å². The zero-order valence-corrected chi connectivity index (χ0v) is 15.5. The lowest BCUT2D eigenvalue weighted by atomic mass is 9.96. The van der Waals surface area contributed by atoms with Crippen molar-refractivity contribution in [2.45, 2.75) is 18.9 Å². The standard InChI is InChI=1S/C21H24O5/c1-23-16-7-5-13(6-8-16)17-11-15(22)12-18(17)14-9-19(24-2)21(26-4)20(10-14)25-3/h5-10,15,22H,11-12H2,1-4H3. The number of benzene rings is 2. The van der Waals surface area contributed by atoms with Gasteiger partial charge in [-0.1, -0.05) is 12.1 Å². The topological polar surface area (TPSA) is 57.2 Å². The summed E-state index contributed by atoms with van der Waals surface area (Å²) in [4.78, 5) is 0. The van der Waals surface area contributed by atoms with Gasteiger partial charge in [0.25, 0.3) is 0 Å². The predicted molar refractivity (Wildman–Crippen MR) is 101 cm³/mol. The average Bonchev–Trinajstić information content (AvgIpc) is 3.08. The molecule has 0 aromatic heterocycles. The van der Waals surface area contributed by atoms with Gasteiger partial charge in [-0.2, -0.15) is 0 Å². The van der Waals surface area contributed by atoms with Crippen molar-refractivity contribution in [3.63, 3.8) is 0 Å². The van der Waals surface area contributed by atoms with Gasteiger partial charge in [-0.25, -0.2) is 0 Å². The monoisotopic (exact) mass is 356 g/mol. The highest BCUT2D eigenvalue weighted by Gasteiger charge is 2.26. The van der Waals surface area contributed by atoms with Gasteiger partial charge in [0, 0.05) is 0 Å². The van der Waals surface area contributed by atoms with Crippen LogP contribution in [0.25, 0.3) is 11.1 Å². The van der Waals surface area contributed by atoms with Crippen LogP contribution in [0.3, 0.4) is 0 Å². The molecule has 0 aliphatic heterocycles. The summed E-state index contributed by atoms with van der Waals surface area (Å²) >= 11 is 0. The Kier molecular flexibility index (Phi) is 5.38. The first-order chi connectivity index (χ1) is 12.6. The van der Waals surface area contributed by atoms with Crippen LogP contribution in [0.15, 0.2) is 36.4 Å². The Labute approximate surface area is 153 Å². The van der Waals surface area contributed by atoms with Crippen LogP contribution >= 0.6 is 0 Å². The molecule has 0 saturated heterocycles. The molecule has 0 bridgehead atoms. The maximum atomic E-state index is 10.3. The second-order valence-corrected chi connectivity index (χ2v) is 6.16. The number of hydrogen-bond acceptors (Lipinski definition) is 5. The van der Waals surface area contributed by atoms with E-state index in [9.17, 15) is 5.11 Å². The Balaban J connectivity index is 2.12. The van der Waals surface area contributed by atoms with Crippen LogP contribution in [-0.2, 0) is 0 Å². The number of hydrogen-bond donors (Lipinski definition) is 1. The Morgan fingerprint density at radius 1 is 0.731 bits per heavy atom. The van der Waals surface area contributed by atoms with E-state index >= 15 is 0 Å². The van der Waals surface area contributed by atoms with Gasteiger partial charge in [0.2, 0.25) is 5.75 Å². The van der Waals surface area contributed by atoms with Crippen LogP contribution in [0.2, 0.25) is 0 Å². The van der Waals surface area contributed by atoms with Gasteiger partial charge >= 0.3 is 0 Å². The number of aliphatic hydroxyl groups is 1. The molecular weight excluding hydrogens is 332 g/mol.